The number of rotatable bonds is 47. The monoisotopic (exact) mass is 1180 g/mol. The molecular weight excluding hydrogens is 1070 g/mol. The molecule has 3 aliphatic rings. The second-order valence-corrected chi connectivity index (χ2v) is 23.6. The van der Waals surface area contributed by atoms with Gasteiger partial charge in [0.1, 0.15) is 85.4 Å². The number of unbranched alkanes of at least 4 members (excludes halogenated alkanes) is 28. The molecule has 0 aromatic heterocycles. The van der Waals surface area contributed by atoms with Crippen LogP contribution >= 0.6 is 0 Å². The molecule has 3 rings (SSSR count). The lowest BCUT2D eigenvalue weighted by Gasteiger charge is -2.47. The van der Waals surface area contributed by atoms with Crippen molar-refractivity contribution in [1.29, 1.82) is 0 Å². The van der Waals surface area contributed by atoms with E-state index in [0.29, 0.717) is 12.8 Å². The molecule has 0 radical (unpaired) electrons. The first-order valence-corrected chi connectivity index (χ1v) is 32.0. The lowest BCUT2D eigenvalue weighted by Crippen LogP contribution is -2.66. The van der Waals surface area contributed by atoms with Crippen LogP contribution in [0.3, 0.4) is 0 Å². The maximum Gasteiger partial charge on any atom is 0.249 e. The van der Waals surface area contributed by atoms with Gasteiger partial charge in [-0.25, -0.2) is 0 Å². The number of ether oxygens (including phenoxy) is 6. The van der Waals surface area contributed by atoms with Gasteiger partial charge in [0.05, 0.1) is 38.6 Å². The lowest BCUT2D eigenvalue weighted by molar-refractivity contribution is -0.371. The first-order chi connectivity index (χ1) is 39.5. The summed E-state index contributed by atoms with van der Waals surface area (Å²) < 4.78 is 35.2. The lowest BCUT2D eigenvalue weighted by atomic mass is 9.96. The van der Waals surface area contributed by atoms with Crippen LogP contribution in [0.2, 0.25) is 0 Å². The van der Waals surface area contributed by atoms with E-state index in [1.54, 1.807) is 0 Å². The number of amides is 2. The number of hydrogen-bond acceptors (Lipinski definition) is 20. The van der Waals surface area contributed by atoms with Crippen LogP contribution in [0.15, 0.2) is 0 Å². The number of aliphatic hydroxyl groups is 12. The minimum Gasteiger partial charge on any atom is -0.394 e. The number of nitrogens with one attached hydrogen (secondary N) is 2. The standard InChI is InChI=1S/C60H114N2O20/c1-4-6-8-10-12-14-16-17-18-19-20-21-22-23-25-27-29-31-33-35-43(67)57(76)62-41(48(68)42(66)34-32-30-28-26-24-15-13-11-9-7-5-2)38-77-60-56(82-59-55(75)53(73)50(70)45(37-64)80-59)54(74)51(71)46(81-60)39-78-58-47(61-40(3)65)52(72)49(69)44(36-63)79-58/h41-56,58-60,63-64,66-75H,4-39H2,1-3H3,(H,61,65)(H,62,76). The predicted octanol–water partition coefficient (Wildman–Crippen LogP) is 3.69. The third-order valence-electron chi connectivity index (χ3n) is 16.5. The smallest absolute Gasteiger partial charge is 0.249 e. The zero-order valence-corrected chi connectivity index (χ0v) is 50.1. The zero-order chi connectivity index (χ0) is 60.2. The van der Waals surface area contributed by atoms with Gasteiger partial charge < -0.3 is 100 Å². The number of hydrogen-bond donors (Lipinski definition) is 14. The van der Waals surface area contributed by atoms with Crippen molar-refractivity contribution in [3.8, 4) is 0 Å². The highest BCUT2D eigenvalue weighted by atomic mass is 16.8. The predicted molar refractivity (Wildman–Crippen MR) is 306 cm³/mol. The van der Waals surface area contributed by atoms with Crippen molar-refractivity contribution in [3.63, 3.8) is 0 Å². The molecule has 19 atom stereocenters. The maximum absolute atomic E-state index is 13.7. The Morgan fingerprint density at radius 1 is 0.463 bits per heavy atom. The fourth-order valence-electron chi connectivity index (χ4n) is 11.2. The Morgan fingerprint density at radius 3 is 1.32 bits per heavy atom. The molecule has 0 bridgehead atoms. The van der Waals surface area contributed by atoms with Crippen LogP contribution in [-0.2, 0) is 38.0 Å². The van der Waals surface area contributed by atoms with Gasteiger partial charge in [-0.3, -0.25) is 9.59 Å². The van der Waals surface area contributed by atoms with Gasteiger partial charge in [-0.1, -0.05) is 206 Å². The van der Waals surface area contributed by atoms with E-state index in [0.717, 1.165) is 64.7 Å². The quantitative estimate of drug-likeness (QED) is 0.0386. The van der Waals surface area contributed by atoms with Gasteiger partial charge in [0.25, 0.3) is 0 Å². The Bertz CT molecular complexity index is 1610. The molecule has 3 fully saturated rings. The minimum absolute atomic E-state index is 0.130. The van der Waals surface area contributed by atoms with Crippen molar-refractivity contribution >= 4 is 11.8 Å². The summed E-state index contributed by atoms with van der Waals surface area (Å²) in [6, 6.07) is -2.82. The SMILES string of the molecule is CCCCCCCCCCCCCCCCCCCCCC(O)C(=O)NC(COC1OC(COC2OC(CO)C(O)C(O)C2NC(C)=O)C(O)C(O)C1OC1OC(CO)C(O)C(O)C1O)C(O)C(O)CCCCCCCCCCCCC. The van der Waals surface area contributed by atoms with Crippen LogP contribution in [0.25, 0.3) is 0 Å². The van der Waals surface area contributed by atoms with Crippen LogP contribution < -0.4 is 10.6 Å². The third kappa shape index (κ3) is 27.5. The molecule has 3 heterocycles. The average Bonchev–Trinajstić information content (AvgIpc) is 3.60. The maximum atomic E-state index is 13.7. The van der Waals surface area contributed by atoms with E-state index in [2.05, 4.69) is 24.5 Å². The first-order valence-electron chi connectivity index (χ1n) is 32.0. The van der Waals surface area contributed by atoms with E-state index in [1.165, 1.54) is 122 Å². The molecular formula is C60H114N2O20. The highest BCUT2D eigenvalue weighted by Crippen LogP contribution is 2.32. The van der Waals surface area contributed by atoms with Gasteiger partial charge in [-0.2, -0.15) is 0 Å². The van der Waals surface area contributed by atoms with Gasteiger partial charge >= 0.3 is 0 Å². The summed E-state index contributed by atoms with van der Waals surface area (Å²) in [5.74, 6) is -1.48. The number of carbonyl (C=O) groups excluding carboxylic acids is 2. The first kappa shape index (κ1) is 74.5. The van der Waals surface area contributed by atoms with Crippen LogP contribution in [0.1, 0.15) is 226 Å². The van der Waals surface area contributed by atoms with Gasteiger partial charge in [0.15, 0.2) is 18.9 Å². The van der Waals surface area contributed by atoms with Crippen molar-refractivity contribution < 1.29 is 99.3 Å². The van der Waals surface area contributed by atoms with E-state index in [4.69, 9.17) is 28.4 Å². The van der Waals surface area contributed by atoms with E-state index in [1.807, 2.05) is 0 Å². The largest absolute Gasteiger partial charge is 0.394 e. The Kier molecular flexibility index (Phi) is 39.8. The number of carbonyl (C=O) groups is 2. The second kappa shape index (κ2) is 43.8. The fraction of sp³-hybridized carbons (Fsp3) is 0.967. The Morgan fingerprint density at radius 2 is 0.866 bits per heavy atom. The van der Waals surface area contributed by atoms with Gasteiger partial charge in [0.2, 0.25) is 11.8 Å². The summed E-state index contributed by atoms with van der Waals surface area (Å²) in [6.45, 7) is 2.64. The van der Waals surface area contributed by atoms with Crippen molar-refractivity contribution in [3.05, 3.63) is 0 Å². The third-order valence-corrected chi connectivity index (χ3v) is 16.5. The molecule has 22 nitrogen and oxygen atoms in total. The fourth-order valence-corrected chi connectivity index (χ4v) is 11.2. The molecule has 0 saturated carbocycles. The van der Waals surface area contributed by atoms with Crippen LogP contribution in [0, 0.1) is 0 Å². The van der Waals surface area contributed by atoms with E-state index in [-0.39, 0.29) is 12.8 Å². The molecule has 14 N–H and O–H groups in total. The average molecular weight is 1180 g/mol. The number of aliphatic hydroxyl groups excluding tert-OH is 12. The van der Waals surface area contributed by atoms with E-state index in [9.17, 15) is 70.9 Å². The van der Waals surface area contributed by atoms with E-state index < -0.39 is 155 Å². The molecule has 3 aliphatic heterocycles. The van der Waals surface area contributed by atoms with Crippen LogP contribution in [0.5, 0.6) is 0 Å². The molecule has 2 amide bonds. The molecule has 0 aliphatic carbocycles. The van der Waals surface area contributed by atoms with Crippen molar-refractivity contribution in [2.45, 2.75) is 343 Å². The molecule has 82 heavy (non-hydrogen) atoms. The molecule has 0 spiro atoms. The summed E-state index contributed by atoms with van der Waals surface area (Å²) in [5, 5.41) is 135. The second-order valence-electron chi connectivity index (χ2n) is 23.6. The summed E-state index contributed by atoms with van der Waals surface area (Å²) in [6.07, 6.45) is 5.91. The molecule has 484 valence electrons. The van der Waals surface area contributed by atoms with Gasteiger partial charge in [0, 0.05) is 6.92 Å². The molecule has 19 unspecified atom stereocenters. The highest BCUT2D eigenvalue weighted by Gasteiger charge is 2.52. The Hall–Kier alpha value is -1.78. The summed E-state index contributed by atoms with van der Waals surface area (Å²) in [4.78, 5) is 25.8. The van der Waals surface area contributed by atoms with Crippen molar-refractivity contribution in [2.24, 2.45) is 0 Å². The van der Waals surface area contributed by atoms with Crippen LogP contribution in [0.4, 0.5) is 0 Å². The molecule has 0 aromatic carbocycles. The van der Waals surface area contributed by atoms with Crippen molar-refractivity contribution in [1.82, 2.24) is 10.6 Å². The molecule has 22 heteroatoms. The Labute approximate surface area is 489 Å². The highest BCUT2D eigenvalue weighted by molar-refractivity contribution is 5.80. The molecule has 0 aromatic rings. The Balaban J connectivity index is 1.68. The summed E-state index contributed by atoms with van der Waals surface area (Å²) in [7, 11) is 0. The zero-order valence-electron chi connectivity index (χ0n) is 50.1. The van der Waals surface area contributed by atoms with Crippen LogP contribution in [-0.4, -0.2) is 216 Å². The summed E-state index contributed by atoms with van der Waals surface area (Å²) in [5.41, 5.74) is 0. The van der Waals surface area contributed by atoms with E-state index >= 15 is 0 Å². The van der Waals surface area contributed by atoms with Gasteiger partial charge in [-0.05, 0) is 12.8 Å². The topological polar surface area (TPSA) is 356 Å². The molecule has 3 saturated heterocycles. The van der Waals surface area contributed by atoms with Gasteiger partial charge in [-0.15, -0.1) is 0 Å². The normalized spacial score (nSPS) is 30.2. The summed E-state index contributed by atoms with van der Waals surface area (Å²) >= 11 is 0. The van der Waals surface area contributed by atoms with Crippen molar-refractivity contribution in [2.75, 3.05) is 26.4 Å². The minimum atomic E-state index is -2.01.